The molecule has 1 aromatic carbocycles. The Morgan fingerprint density at radius 2 is 1.89 bits per heavy atom. The van der Waals surface area contributed by atoms with Crippen molar-refractivity contribution in [3.05, 3.63) is 57.8 Å². The van der Waals surface area contributed by atoms with Crippen molar-refractivity contribution in [2.75, 3.05) is 0 Å². The summed E-state index contributed by atoms with van der Waals surface area (Å²) in [5.41, 5.74) is 2.34. The third-order valence-corrected chi connectivity index (χ3v) is 3.82. The standard InChI is InChI=1S/C16H16O2S/c1-11(2)13-7-5-12(6-8-13)10-14(16(17)18)15-4-3-9-19-15/h3-11H,1-2H3,(H,17,18)/p-1/b14-10-. The predicted octanol–water partition coefficient (Wildman–Crippen LogP) is 3.16. The maximum absolute atomic E-state index is 11.2. The van der Waals surface area contributed by atoms with Crippen LogP contribution in [-0.4, -0.2) is 5.97 Å². The summed E-state index contributed by atoms with van der Waals surface area (Å²) in [6.07, 6.45) is 1.66. The zero-order valence-electron chi connectivity index (χ0n) is 10.9. The van der Waals surface area contributed by atoms with Crippen LogP contribution in [0.3, 0.4) is 0 Å². The lowest BCUT2D eigenvalue weighted by Gasteiger charge is -2.08. The number of aliphatic carboxylic acids is 1. The van der Waals surface area contributed by atoms with Crippen LogP contribution in [0.5, 0.6) is 0 Å². The molecule has 0 bridgehead atoms. The van der Waals surface area contributed by atoms with Gasteiger partial charge in [0.05, 0.1) is 5.97 Å². The summed E-state index contributed by atoms with van der Waals surface area (Å²) in [4.78, 5) is 11.9. The number of rotatable bonds is 4. The molecule has 2 nitrogen and oxygen atoms in total. The first kappa shape index (κ1) is 13.6. The number of thiophene rings is 1. The van der Waals surface area contributed by atoms with Gasteiger partial charge in [0.2, 0.25) is 0 Å². The Hall–Kier alpha value is -1.87. The monoisotopic (exact) mass is 271 g/mol. The van der Waals surface area contributed by atoms with E-state index in [0.717, 1.165) is 5.56 Å². The van der Waals surface area contributed by atoms with E-state index in [2.05, 4.69) is 13.8 Å². The van der Waals surface area contributed by atoms with E-state index < -0.39 is 5.97 Å². The summed E-state index contributed by atoms with van der Waals surface area (Å²) in [5, 5.41) is 13.1. The second kappa shape index (κ2) is 5.85. The largest absolute Gasteiger partial charge is 0.545 e. The maximum Gasteiger partial charge on any atom is 0.0729 e. The van der Waals surface area contributed by atoms with Gasteiger partial charge in [0.25, 0.3) is 0 Å². The summed E-state index contributed by atoms with van der Waals surface area (Å²) in [5.74, 6) is -0.675. The molecule has 0 amide bonds. The molecule has 19 heavy (non-hydrogen) atoms. The van der Waals surface area contributed by atoms with Crippen molar-refractivity contribution in [1.29, 1.82) is 0 Å². The highest BCUT2D eigenvalue weighted by Crippen LogP contribution is 2.23. The van der Waals surface area contributed by atoms with Gasteiger partial charge in [0, 0.05) is 10.5 Å². The topological polar surface area (TPSA) is 40.1 Å². The van der Waals surface area contributed by atoms with Gasteiger partial charge in [0.1, 0.15) is 0 Å². The fraction of sp³-hybridized carbons (Fsp3) is 0.188. The lowest BCUT2D eigenvalue weighted by molar-refractivity contribution is -0.295. The fourth-order valence-corrected chi connectivity index (χ4v) is 2.54. The average Bonchev–Trinajstić information content (AvgIpc) is 2.89. The lowest BCUT2D eigenvalue weighted by Crippen LogP contribution is -2.23. The summed E-state index contributed by atoms with van der Waals surface area (Å²) >= 11 is 1.40. The highest BCUT2D eigenvalue weighted by Gasteiger charge is 2.04. The summed E-state index contributed by atoms with van der Waals surface area (Å²) in [6.45, 7) is 4.26. The van der Waals surface area contributed by atoms with Crippen molar-refractivity contribution in [2.24, 2.45) is 0 Å². The molecule has 1 aromatic heterocycles. The van der Waals surface area contributed by atoms with E-state index in [-0.39, 0.29) is 5.57 Å². The fourth-order valence-electron chi connectivity index (χ4n) is 1.81. The molecule has 0 saturated carbocycles. The quantitative estimate of drug-likeness (QED) is 0.801. The van der Waals surface area contributed by atoms with Gasteiger partial charge < -0.3 is 9.90 Å². The van der Waals surface area contributed by atoms with Crippen molar-refractivity contribution in [1.82, 2.24) is 0 Å². The molecule has 1 heterocycles. The normalized spacial score (nSPS) is 11.8. The molecule has 2 rings (SSSR count). The second-order valence-corrected chi connectivity index (χ2v) is 5.59. The van der Waals surface area contributed by atoms with Crippen molar-refractivity contribution in [2.45, 2.75) is 19.8 Å². The average molecular weight is 271 g/mol. The Kier molecular flexibility index (Phi) is 4.17. The van der Waals surface area contributed by atoms with Gasteiger partial charge in [0.15, 0.2) is 0 Å². The number of carbonyl (C=O) groups excluding carboxylic acids is 1. The van der Waals surface area contributed by atoms with E-state index in [0.29, 0.717) is 10.8 Å². The van der Waals surface area contributed by atoms with E-state index in [1.807, 2.05) is 35.7 Å². The number of benzene rings is 1. The Balaban J connectivity index is 2.34. The number of hydrogen-bond acceptors (Lipinski definition) is 3. The van der Waals surface area contributed by atoms with Gasteiger partial charge in [-0.15, -0.1) is 11.3 Å². The third-order valence-electron chi connectivity index (χ3n) is 2.92. The molecule has 0 spiro atoms. The molecular weight excluding hydrogens is 256 g/mol. The van der Waals surface area contributed by atoms with Crippen LogP contribution in [0, 0.1) is 0 Å². The van der Waals surface area contributed by atoms with Crippen molar-refractivity contribution < 1.29 is 9.90 Å². The van der Waals surface area contributed by atoms with Crippen LogP contribution in [-0.2, 0) is 4.79 Å². The minimum Gasteiger partial charge on any atom is -0.545 e. The first-order valence-electron chi connectivity index (χ1n) is 6.15. The number of carbonyl (C=O) groups is 1. The zero-order valence-corrected chi connectivity index (χ0v) is 11.7. The second-order valence-electron chi connectivity index (χ2n) is 4.64. The summed E-state index contributed by atoms with van der Waals surface area (Å²) < 4.78 is 0. The minimum atomic E-state index is -1.14. The van der Waals surface area contributed by atoms with Crippen LogP contribution in [0.4, 0.5) is 0 Å². The van der Waals surface area contributed by atoms with Gasteiger partial charge in [-0.3, -0.25) is 0 Å². The van der Waals surface area contributed by atoms with Gasteiger partial charge in [-0.1, -0.05) is 44.2 Å². The van der Waals surface area contributed by atoms with Crippen LogP contribution < -0.4 is 5.11 Å². The van der Waals surface area contributed by atoms with E-state index in [1.165, 1.54) is 16.9 Å². The molecule has 0 aliphatic carbocycles. The number of hydrogen-bond donors (Lipinski definition) is 0. The Labute approximate surface area is 117 Å². The van der Waals surface area contributed by atoms with Gasteiger partial charge in [-0.25, -0.2) is 0 Å². The summed E-state index contributed by atoms with van der Waals surface area (Å²) in [7, 11) is 0. The Morgan fingerprint density at radius 1 is 1.21 bits per heavy atom. The highest BCUT2D eigenvalue weighted by atomic mass is 32.1. The summed E-state index contributed by atoms with van der Waals surface area (Å²) in [6, 6.07) is 11.5. The molecule has 0 atom stereocenters. The zero-order chi connectivity index (χ0) is 13.8. The van der Waals surface area contributed by atoms with Gasteiger partial charge >= 0.3 is 0 Å². The first-order valence-corrected chi connectivity index (χ1v) is 7.03. The van der Waals surface area contributed by atoms with Crippen LogP contribution in [0.15, 0.2) is 41.8 Å². The molecule has 0 aliphatic rings. The molecule has 2 aromatic rings. The number of carboxylic acids is 1. The lowest BCUT2D eigenvalue weighted by atomic mass is 10.0. The predicted molar refractivity (Wildman–Crippen MR) is 77.7 cm³/mol. The van der Waals surface area contributed by atoms with Crippen LogP contribution >= 0.6 is 11.3 Å². The first-order chi connectivity index (χ1) is 9.08. The van der Waals surface area contributed by atoms with Crippen molar-refractivity contribution >= 4 is 29.0 Å². The van der Waals surface area contributed by atoms with Crippen molar-refractivity contribution in [3.63, 3.8) is 0 Å². The molecule has 0 unspecified atom stereocenters. The van der Waals surface area contributed by atoms with E-state index in [9.17, 15) is 9.90 Å². The molecule has 98 valence electrons. The molecule has 3 heteroatoms. The van der Waals surface area contributed by atoms with Crippen LogP contribution in [0.2, 0.25) is 0 Å². The van der Waals surface area contributed by atoms with Crippen LogP contribution in [0.25, 0.3) is 11.6 Å². The molecule has 0 aliphatic heterocycles. The smallest absolute Gasteiger partial charge is 0.0729 e. The molecule has 0 fully saturated rings. The van der Waals surface area contributed by atoms with E-state index in [1.54, 1.807) is 12.1 Å². The minimum absolute atomic E-state index is 0.229. The van der Waals surface area contributed by atoms with E-state index >= 15 is 0 Å². The maximum atomic E-state index is 11.2. The number of carboxylic acid groups (broad SMARTS) is 1. The Morgan fingerprint density at radius 3 is 2.37 bits per heavy atom. The Bertz CT molecular complexity index is 578. The van der Waals surface area contributed by atoms with E-state index in [4.69, 9.17) is 0 Å². The SMILES string of the molecule is CC(C)c1ccc(/C=C(\C(=O)[O-])c2cccs2)cc1. The molecule has 0 saturated heterocycles. The molecular formula is C16H15O2S-. The third kappa shape index (κ3) is 3.32. The molecule has 0 radical (unpaired) electrons. The van der Waals surface area contributed by atoms with Gasteiger partial charge in [-0.2, -0.15) is 0 Å². The van der Waals surface area contributed by atoms with Crippen LogP contribution in [0.1, 0.15) is 35.8 Å². The van der Waals surface area contributed by atoms with Gasteiger partial charge in [-0.05, 0) is 34.6 Å². The van der Waals surface area contributed by atoms with Crippen molar-refractivity contribution in [3.8, 4) is 0 Å². The molecule has 0 N–H and O–H groups in total. The highest BCUT2D eigenvalue weighted by molar-refractivity contribution is 7.11.